The van der Waals surface area contributed by atoms with Crippen LogP contribution in [0.25, 0.3) is 0 Å². The van der Waals surface area contributed by atoms with Crippen molar-refractivity contribution in [2.45, 2.75) is 239 Å². The minimum absolute atomic E-state index is 0.00788. The van der Waals surface area contributed by atoms with E-state index >= 15 is 0 Å². The molecule has 15 N–H and O–H groups in total. The quantitative estimate of drug-likeness (QED) is 0.0200. The highest BCUT2D eigenvalue weighted by Crippen LogP contribution is 2.32. The van der Waals surface area contributed by atoms with Gasteiger partial charge in [0, 0.05) is 70.9 Å². The zero-order chi connectivity index (χ0) is 65.5. The maximum Gasteiger partial charge on any atom is 0.220 e. The lowest BCUT2D eigenvalue weighted by atomic mass is 9.96. The first-order valence-corrected chi connectivity index (χ1v) is 30.6. The van der Waals surface area contributed by atoms with Crippen molar-refractivity contribution in [3.63, 3.8) is 0 Å². The second-order valence-electron chi connectivity index (χ2n) is 23.3. The third-order valence-electron chi connectivity index (χ3n) is 16.2. The van der Waals surface area contributed by atoms with Crippen molar-refractivity contribution in [1.29, 1.82) is 0 Å². The minimum atomic E-state index is -1.96. The summed E-state index contributed by atoms with van der Waals surface area (Å²) in [6, 6.07) is 0. The van der Waals surface area contributed by atoms with Gasteiger partial charge < -0.3 is 115 Å². The fourth-order valence-electron chi connectivity index (χ4n) is 10.8. The monoisotopic (exact) mass is 1280 g/mol. The summed E-state index contributed by atoms with van der Waals surface area (Å²) in [5, 5.41) is 139. The predicted molar refractivity (Wildman–Crippen MR) is 298 cm³/mol. The third kappa shape index (κ3) is 23.6. The molecule has 32 heteroatoms. The van der Waals surface area contributed by atoms with E-state index in [0.29, 0.717) is 38.5 Å². The Morgan fingerprint density at radius 3 is 1.33 bits per heavy atom. The molecule has 0 bridgehead atoms. The van der Waals surface area contributed by atoms with Crippen LogP contribution in [0.5, 0.6) is 0 Å². The van der Waals surface area contributed by atoms with Gasteiger partial charge in [0.1, 0.15) is 126 Å². The van der Waals surface area contributed by atoms with E-state index < -0.39 is 154 Å². The molecule has 4 heterocycles. The smallest absolute Gasteiger partial charge is 0.220 e. The lowest BCUT2D eigenvalue weighted by Crippen LogP contribution is -2.65. The Kier molecular flexibility index (Phi) is 32.6. The number of amides is 2. The van der Waals surface area contributed by atoms with Gasteiger partial charge in [-0.3, -0.25) is 43.3 Å². The number of ketones is 6. The summed E-state index contributed by atoms with van der Waals surface area (Å²) in [6.07, 6.45) is -28.4. The van der Waals surface area contributed by atoms with Gasteiger partial charge in [0.25, 0.3) is 0 Å². The van der Waals surface area contributed by atoms with Crippen LogP contribution >= 0.6 is 0 Å². The Hall–Kier alpha value is -3.92. The van der Waals surface area contributed by atoms with Gasteiger partial charge in [0.2, 0.25) is 11.8 Å². The Balaban J connectivity index is 1.05. The fraction of sp³-hybridized carbons (Fsp3) is 0.860. The summed E-state index contributed by atoms with van der Waals surface area (Å²) in [5.74, 6) is -3.02. The van der Waals surface area contributed by atoms with Crippen LogP contribution in [-0.2, 0) is 76.3 Å². The SMILES string of the molecule is C[C@@H]1O[C@@H](OCCNC(=O)CCCCC(=O)CN(CC(=O)CCCCCCC(=O)CC2C(=O)CCC2=O)CC(=O)CCCCC(=O)NCCO[C@H]2O[C@H](CO[C@H]3O[C@H](CO)[C@@H](O)[C@H](O)[C@@H]3O)[C@@H](O)[C@H](O[C@H]3O[C@H](CO)[C@@H](O)[C@H](O)[C@@H]3O)[C@@H]2O)[C@@H](O)[C@H](O)[C@@H]1O. The molecule has 0 radical (unpaired) electrons. The number of Topliss-reactive ketones (excluding diaryl/α,β-unsaturated/α-hetero) is 6. The molecular weight excluding hydrogens is 1190 g/mol. The molecule has 20 atom stereocenters. The molecule has 2 amide bonds. The van der Waals surface area contributed by atoms with Gasteiger partial charge >= 0.3 is 0 Å². The molecule has 32 nitrogen and oxygen atoms in total. The van der Waals surface area contributed by atoms with Crippen molar-refractivity contribution in [2.75, 3.05) is 65.8 Å². The summed E-state index contributed by atoms with van der Waals surface area (Å²) >= 11 is 0. The number of nitrogens with zero attached hydrogens (tertiary/aromatic N) is 1. The van der Waals surface area contributed by atoms with Crippen molar-refractivity contribution >= 4 is 46.5 Å². The number of hydrogen-bond donors (Lipinski definition) is 15. The van der Waals surface area contributed by atoms with E-state index in [4.69, 9.17) is 37.9 Å². The molecule has 0 aromatic rings. The van der Waals surface area contributed by atoms with E-state index in [1.54, 1.807) is 0 Å². The molecule has 1 saturated carbocycles. The highest BCUT2D eigenvalue weighted by Gasteiger charge is 2.52. The highest BCUT2D eigenvalue weighted by atomic mass is 16.8. The van der Waals surface area contributed by atoms with E-state index in [0.717, 1.165) is 0 Å². The van der Waals surface area contributed by atoms with E-state index in [2.05, 4.69) is 10.6 Å². The van der Waals surface area contributed by atoms with Crippen LogP contribution in [0, 0.1) is 5.92 Å². The van der Waals surface area contributed by atoms with Crippen LogP contribution in [0.3, 0.4) is 0 Å². The Bertz CT molecular complexity index is 2230. The maximum absolute atomic E-state index is 13.3. The van der Waals surface area contributed by atoms with E-state index in [1.807, 2.05) is 0 Å². The number of carbonyl (C=O) groups excluding carboxylic acids is 8. The lowest BCUT2D eigenvalue weighted by molar-refractivity contribution is -0.366. The van der Waals surface area contributed by atoms with Crippen molar-refractivity contribution in [3.8, 4) is 0 Å². The van der Waals surface area contributed by atoms with E-state index in [9.17, 15) is 105 Å². The molecule has 89 heavy (non-hydrogen) atoms. The number of carbonyl (C=O) groups is 8. The third-order valence-corrected chi connectivity index (χ3v) is 16.2. The summed E-state index contributed by atoms with van der Waals surface area (Å²) in [4.78, 5) is 103. The van der Waals surface area contributed by atoms with Crippen LogP contribution in [0.15, 0.2) is 0 Å². The van der Waals surface area contributed by atoms with Crippen molar-refractivity contribution < 1.29 is 143 Å². The first-order chi connectivity index (χ1) is 42.3. The Morgan fingerprint density at radius 1 is 0.449 bits per heavy atom. The van der Waals surface area contributed by atoms with Gasteiger partial charge in [-0.05, 0) is 45.4 Å². The lowest BCUT2D eigenvalue weighted by Gasteiger charge is -2.46. The second kappa shape index (κ2) is 38.3. The molecule has 510 valence electrons. The normalized spacial score (nSPS) is 33.6. The van der Waals surface area contributed by atoms with Crippen LogP contribution in [-0.4, -0.2) is 306 Å². The predicted octanol–water partition coefficient (Wildman–Crippen LogP) is -6.49. The fourth-order valence-corrected chi connectivity index (χ4v) is 10.8. The highest BCUT2D eigenvalue weighted by molar-refractivity contribution is 6.10. The Labute approximate surface area is 514 Å². The van der Waals surface area contributed by atoms with Gasteiger partial charge in [0.05, 0.1) is 64.7 Å². The van der Waals surface area contributed by atoms with Crippen LogP contribution < -0.4 is 10.6 Å². The first-order valence-electron chi connectivity index (χ1n) is 30.6. The van der Waals surface area contributed by atoms with E-state index in [-0.39, 0.29) is 157 Å². The average Bonchev–Trinajstić information content (AvgIpc) is 3.62. The number of nitrogens with one attached hydrogen (secondary N) is 2. The molecule has 0 aromatic heterocycles. The molecule has 0 aromatic carbocycles. The van der Waals surface area contributed by atoms with Gasteiger partial charge in [-0.2, -0.15) is 0 Å². The molecule has 0 spiro atoms. The number of hydrogen-bond acceptors (Lipinski definition) is 30. The van der Waals surface area contributed by atoms with Crippen molar-refractivity contribution in [1.82, 2.24) is 15.5 Å². The molecule has 5 aliphatic rings. The molecule has 4 aliphatic heterocycles. The molecule has 5 fully saturated rings. The summed E-state index contributed by atoms with van der Waals surface area (Å²) < 4.78 is 44.3. The standard InChI is InChI=1S/C57H93N3O29/c1-29-42(71)46(75)49(78)54(85-29)82-20-18-58-40(69)14-8-6-12-32(65)24-60(23-31(64)11-5-3-2-4-10-30(63)22-34-35(67)16-17-36(34)68)25-33(66)13-7-9-15-41(70)59-19-21-83-56-52(81)53(89-57-51(80)48(77)44(73)38(27-62)87-57)45(74)39(88-56)28-84-55-50(79)47(76)43(72)37(26-61)86-55/h29,34,37-39,42-57,61-62,71-81H,2-28H2,1H3,(H,58,69)(H,59,70)/t29-,37+,38+,39+,42+,43+,44+,45+,46+,47-,48-,49-,50-,51-,52-,53-,54+,55-,56-,57+/m0/s1. The first kappa shape index (κ1) is 75.8. The molecule has 1 aliphatic carbocycles. The summed E-state index contributed by atoms with van der Waals surface area (Å²) in [6.45, 7) is -2.02. The van der Waals surface area contributed by atoms with Crippen LogP contribution in [0.4, 0.5) is 0 Å². The largest absolute Gasteiger partial charge is 0.394 e. The summed E-state index contributed by atoms with van der Waals surface area (Å²) in [5.41, 5.74) is 0. The Morgan fingerprint density at radius 2 is 0.843 bits per heavy atom. The maximum atomic E-state index is 13.3. The molecular formula is C57H93N3O29. The number of rotatable bonds is 40. The van der Waals surface area contributed by atoms with Crippen LogP contribution in [0.1, 0.15) is 116 Å². The van der Waals surface area contributed by atoms with Crippen LogP contribution in [0.2, 0.25) is 0 Å². The zero-order valence-corrected chi connectivity index (χ0v) is 50.0. The number of aliphatic hydroxyl groups is 13. The topological polar surface area (TPSA) is 501 Å². The van der Waals surface area contributed by atoms with Gasteiger partial charge in [-0.1, -0.05) is 12.8 Å². The summed E-state index contributed by atoms with van der Waals surface area (Å²) in [7, 11) is 0. The van der Waals surface area contributed by atoms with Crippen molar-refractivity contribution in [3.05, 3.63) is 0 Å². The van der Waals surface area contributed by atoms with Gasteiger partial charge in [-0.25, -0.2) is 0 Å². The second-order valence-corrected chi connectivity index (χ2v) is 23.3. The van der Waals surface area contributed by atoms with E-state index in [1.165, 1.54) is 11.8 Å². The van der Waals surface area contributed by atoms with Gasteiger partial charge in [0.15, 0.2) is 25.2 Å². The zero-order valence-electron chi connectivity index (χ0n) is 50.0. The van der Waals surface area contributed by atoms with Crippen molar-refractivity contribution in [2.24, 2.45) is 5.92 Å². The molecule has 0 unspecified atom stereocenters. The molecule has 4 saturated heterocycles. The number of unbranched alkanes of at least 4 members (excludes halogenated alkanes) is 5. The average molecular weight is 1280 g/mol. The number of aliphatic hydroxyl groups excluding tert-OH is 13. The minimum Gasteiger partial charge on any atom is -0.394 e. The van der Waals surface area contributed by atoms with Gasteiger partial charge in [-0.15, -0.1) is 0 Å². The number of ether oxygens (including phenoxy) is 8. The molecule has 5 rings (SSSR count).